The van der Waals surface area contributed by atoms with Gasteiger partial charge in [0, 0.05) is 40.5 Å². The van der Waals surface area contributed by atoms with Crippen LogP contribution in [0.4, 0.5) is 0 Å². The monoisotopic (exact) mass is 766 g/mol. The molecule has 3 aromatic heterocycles. The Morgan fingerprint density at radius 3 is 2.10 bits per heavy atom. The van der Waals surface area contributed by atoms with Crippen molar-refractivity contribution in [2.75, 3.05) is 7.11 Å². The zero-order valence-electron chi connectivity index (χ0n) is 31.0. The third-order valence-electron chi connectivity index (χ3n) is 9.38. The largest absolute Gasteiger partial charge is 2.00 e. The minimum atomic E-state index is -0.0417. The quantitative estimate of drug-likeness (QED) is 0.125. The molecule has 51 heavy (non-hydrogen) atoms. The van der Waals surface area contributed by atoms with E-state index in [9.17, 15) is 0 Å². The molecule has 0 unspecified atom stereocenters. The molecule has 6 nitrogen and oxygen atoms in total. The number of aryl methyl sites for hydroxylation is 2. The maximum absolute atomic E-state index is 6.54. The average molecular weight is 767 g/mol. The number of ether oxygens (including phenoxy) is 2. The first-order valence-corrected chi connectivity index (χ1v) is 17.1. The van der Waals surface area contributed by atoms with Gasteiger partial charge in [0.05, 0.1) is 12.8 Å². The van der Waals surface area contributed by atoms with Crippen molar-refractivity contribution in [3.63, 3.8) is 0 Å². The summed E-state index contributed by atoms with van der Waals surface area (Å²) in [6.07, 6.45) is 1.76. The van der Waals surface area contributed by atoms with E-state index in [0.29, 0.717) is 11.5 Å². The van der Waals surface area contributed by atoms with Gasteiger partial charge in [-0.2, -0.15) is 16.7 Å². The van der Waals surface area contributed by atoms with Crippen molar-refractivity contribution < 1.29 is 29.9 Å². The Balaban J connectivity index is 0.00000448. The van der Waals surface area contributed by atoms with E-state index >= 15 is 0 Å². The van der Waals surface area contributed by atoms with Crippen LogP contribution in [-0.4, -0.2) is 26.4 Å². The maximum atomic E-state index is 6.54. The van der Waals surface area contributed by atoms with Crippen molar-refractivity contribution in [2.45, 2.75) is 73.1 Å². The molecule has 7 aromatic rings. The van der Waals surface area contributed by atoms with Crippen LogP contribution >= 0.6 is 0 Å². The topological polar surface area (TPSA) is 54.1 Å². The predicted octanol–water partition coefficient (Wildman–Crippen LogP) is 11.0. The Morgan fingerprint density at radius 2 is 1.41 bits per heavy atom. The summed E-state index contributed by atoms with van der Waals surface area (Å²) in [6, 6.07) is 34.1. The first-order valence-electron chi connectivity index (χ1n) is 17.1. The summed E-state index contributed by atoms with van der Waals surface area (Å²) >= 11 is 0. The molecule has 0 spiro atoms. The van der Waals surface area contributed by atoms with Gasteiger partial charge in [0.2, 0.25) is 0 Å². The number of aromatic nitrogens is 4. The Morgan fingerprint density at radius 1 is 0.706 bits per heavy atom. The minimum Gasteiger partial charge on any atom is -0.509 e. The van der Waals surface area contributed by atoms with E-state index in [1.54, 1.807) is 13.3 Å². The zero-order valence-corrected chi connectivity index (χ0v) is 32.6. The van der Waals surface area contributed by atoms with Crippen molar-refractivity contribution in [3.8, 4) is 39.9 Å². The third kappa shape index (κ3) is 6.62. The molecule has 3 heterocycles. The molecule has 7 rings (SSSR count). The standard InChI is InChI=1S/C44H44N4O2.Pd/c1-27-22-30(48-29(3)41(28(2)46-48)42-36(43(4,5)6)15-13-16-37(42)44(7,8)9)24-33(23-27)50-32-18-19-35-34-14-11-12-17-38(34)47(39(35)25-32)40-26-31(49-10)20-21-45-40;/h11-23,26H,1-10H3;/q-2;+2. The number of hydrogen-bond acceptors (Lipinski definition) is 4. The molecule has 0 saturated heterocycles. The molecular weight excluding hydrogens is 723 g/mol. The molecule has 0 fully saturated rings. The summed E-state index contributed by atoms with van der Waals surface area (Å²) in [6.45, 7) is 20.0. The van der Waals surface area contributed by atoms with Crippen molar-refractivity contribution in [1.29, 1.82) is 0 Å². The molecule has 0 atom stereocenters. The number of fused-ring (bicyclic) bond motifs is 3. The van der Waals surface area contributed by atoms with Gasteiger partial charge in [-0.1, -0.05) is 90.4 Å². The van der Waals surface area contributed by atoms with Gasteiger partial charge in [0.15, 0.2) is 0 Å². The van der Waals surface area contributed by atoms with Crippen molar-refractivity contribution >= 4 is 21.8 Å². The maximum Gasteiger partial charge on any atom is 2.00 e. The first kappa shape index (κ1) is 36.1. The second kappa shape index (κ2) is 13.5. The van der Waals surface area contributed by atoms with Gasteiger partial charge in [-0.25, -0.2) is 4.98 Å². The number of para-hydroxylation sites is 1. The number of methoxy groups -OCH3 is 1. The summed E-state index contributed by atoms with van der Waals surface area (Å²) < 4.78 is 16.2. The van der Waals surface area contributed by atoms with E-state index in [1.165, 1.54) is 22.3 Å². The van der Waals surface area contributed by atoms with Gasteiger partial charge >= 0.3 is 20.4 Å². The molecule has 0 aliphatic rings. The molecule has 0 radical (unpaired) electrons. The summed E-state index contributed by atoms with van der Waals surface area (Å²) in [7, 11) is 1.66. The molecule has 0 amide bonds. The molecule has 0 bridgehead atoms. The molecule has 0 N–H and O–H groups in total. The van der Waals surface area contributed by atoms with Crippen LogP contribution in [0.1, 0.15) is 69.6 Å². The van der Waals surface area contributed by atoms with Crippen LogP contribution in [0.15, 0.2) is 85.1 Å². The van der Waals surface area contributed by atoms with E-state index in [4.69, 9.17) is 14.6 Å². The van der Waals surface area contributed by atoms with E-state index in [1.807, 2.05) is 35.0 Å². The first-order chi connectivity index (χ1) is 23.7. The zero-order chi connectivity index (χ0) is 35.5. The molecule has 7 heteroatoms. The fourth-order valence-corrected chi connectivity index (χ4v) is 7.08. The van der Waals surface area contributed by atoms with E-state index in [2.05, 4.69) is 133 Å². The third-order valence-corrected chi connectivity index (χ3v) is 9.38. The second-order valence-electron chi connectivity index (χ2n) is 15.2. The van der Waals surface area contributed by atoms with E-state index in [0.717, 1.165) is 56.0 Å². The Kier molecular flexibility index (Phi) is 9.52. The van der Waals surface area contributed by atoms with Gasteiger partial charge < -0.3 is 14.0 Å². The van der Waals surface area contributed by atoms with Gasteiger partial charge in [0.1, 0.15) is 11.6 Å². The van der Waals surface area contributed by atoms with Crippen molar-refractivity contribution in [3.05, 3.63) is 125 Å². The Hall–Kier alpha value is -4.70. The van der Waals surface area contributed by atoms with Crippen LogP contribution in [-0.2, 0) is 31.3 Å². The smallest absolute Gasteiger partial charge is 0.509 e. The minimum absolute atomic E-state index is 0. The molecule has 262 valence electrons. The number of benzene rings is 4. The number of pyridine rings is 1. The van der Waals surface area contributed by atoms with E-state index < -0.39 is 0 Å². The number of rotatable bonds is 6. The SMILES string of the molecule is COc1ccnc(-n2c3[c-]c(Oc4[c-]c(-n5nc(C)c(-c6c(C(C)(C)C)cccc6C(C)(C)C)c5C)cc(C)c4)ccc3c3ccccc32)c1.[Pd+2]. The Labute approximate surface area is 315 Å². The molecule has 4 aromatic carbocycles. The summed E-state index contributed by atoms with van der Waals surface area (Å²) in [5.41, 5.74) is 10.8. The van der Waals surface area contributed by atoms with Gasteiger partial charge in [-0.15, -0.1) is 35.7 Å². The van der Waals surface area contributed by atoms with Crippen LogP contribution in [0.3, 0.4) is 0 Å². The fourth-order valence-electron chi connectivity index (χ4n) is 7.08. The molecule has 0 saturated carbocycles. The van der Waals surface area contributed by atoms with Crippen molar-refractivity contribution in [2.24, 2.45) is 0 Å². The van der Waals surface area contributed by atoms with Crippen LogP contribution < -0.4 is 9.47 Å². The van der Waals surface area contributed by atoms with Crippen LogP contribution in [0.5, 0.6) is 17.2 Å². The molecule has 0 aliphatic heterocycles. The van der Waals surface area contributed by atoms with Crippen LogP contribution in [0.25, 0.3) is 44.4 Å². The summed E-state index contributed by atoms with van der Waals surface area (Å²) in [5, 5.41) is 7.29. The van der Waals surface area contributed by atoms with Crippen LogP contribution in [0, 0.1) is 32.9 Å². The number of hydrogen-bond donors (Lipinski definition) is 0. The fraction of sp³-hybridized carbons (Fsp3) is 0.273. The summed E-state index contributed by atoms with van der Waals surface area (Å²) in [5.74, 6) is 2.66. The van der Waals surface area contributed by atoms with Gasteiger partial charge in [-0.05, 0) is 64.6 Å². The Bertz CT molecular complexity index is 2370. The van der Waals surface area contributed by atoms with Gasteiger partial charge in [-0.3, -0.25) is 4.68 Å². The van der Waals surface area contributed by atoms with Crippen LogP contribution in [0.2, 0.25) is 0 Å². The molecule has 0 aliphatic carbocycles. The molecular formula is C44H44N4O2Pd. The average Bonchev–Trinajstić information content (AvgIpc) is 3.55. The normalized spacial score (nSPS) is 12.0. The second-order valence-corrected chi connectivity index (χ2v) is 15.2. The summed E-state index contributed by atoms with van der Waals surface area (Å²) in [4.78, 5) is 4.68. The van der Waals surface area contributed by atoms with Gasteiger partial charge in [0.25, 0.3) is 0 Å². The van der Waals surface area contributed by atoms with Crippen molar-refractivity contribution in [1.82, 2.24) is 19.3 Å². The number of nitrogens with zero attached hydrogens (tertiary/aromatic N) is 4. The van der Waals surface area contributed by atoms with E-state index in [-0.39, 0.29) is 31.3 Å². The predicted molar refractivity (Wildman–Crippen MR) is 203 cm³/mol.